The molecule has 5 nitrogen and oxygen atoms in total. The van der Waals surface area contributed by atoms with Crippen LogP contribution in [0.25, 0.3) is 10.9 Å². The largest absolute Gasteiger partial charge is 0.338 e. The second kappa shape index (κ2) is 7.25. The van der Waals surface area contributed by atoms with Crippen molar-refractivity contribution >= 4 is 34.0 Å². The number of aromatic nitrogens is 2. The van der Waals surface area contributed by atoms with Crippen molar-refractivity contribution in [1.82, 2.24) is 9.97 Å². The molecule has 0 fully saturated rings. The summed E-state index contributed by atoms with van der Waals surface area (Å²) in [4.78, 5) is 23.1. The zero-order valence-corrected chi connectivity index (χ0v) is 14.8. The molecule has 2 heterocycles. The second-order valence-electron chi connectivity index (χ2n) is 6.14. The molecule has 0 unspecified atom stereocenters. The SMILES string of the molecule is CN(C(=O)c1ccc(Nc2cccc3cccnc23)nc1)c1ccccc1. The molecule has 1 amide bonds. The van der Waals surface area contributed by atoms with Gasteiger partial charge in [-0.15, -0.1) is 0 Å². The lowest BCUT2D eigenvalue weighted by Gasteiger charge is -2.17. The molecular weight excluding hydrogens is 336 g/mol. The van der Waals surface area contributed by atoms with Gasteiger partial charge < -0.3 is 10.2 Å². The lowest BCUT2D eigenvalue weighted by Crippen LogP contribution is -2.26. The van der Waals surface area contributed by atoms with Crippen molar-refractivity contribution < 1.29 is 4.79 Å². The molecule has 0 saturated heterocycles. The van der Waals surface area contributed by atoms with Crippen molar-refractivity contribution in [2.24, 2.45) is 0 Å². The van der Waals surface area contributed by atoms with Crippen LogP contribution >= 0.6 is 0 Å². The normalized spacial score (nSPS) is 10.6. The number of hydrogen-bond donors (Lipinski definition) is 1. The van der Waals surface area contributed by atoms with Crippen LogP contribution in [0.1, 0.15) is 10.4 Å². The lowest BCUT2D eigenvalue weighted by molar-refractivity contribution is 0.0992. The third kappa shape index (κ3) is 3.48. The van der Waals surface area contributed by atoms with Crippen molar-refractivity contribution in [1.29, 1.82) is 0 Å². The van der Waals surface area contributed by atoms with Crippen LogP contribution < -0.4 is 10.2 Å². The van der Waals surface area contributed by atoms with Gasteiger partial charge in [0.25, 0.3) is 5.91 Å². The van der Waals surface area contributed by atoms with E-state index in [1.165, 1.54) is 0 Å². The molecule has 2 aromatic carbocycles. The Hall–Kier alpha value is -3.73. The summed E-state index contributed by atoms with van der Waals surface area (Å²) in [6, 6.07) is 23.0. The van der Waals surface area contributed by atoms with Gasteiger partial charge in [-0.05, 0) is 36.4 Å². The van der Waals surface area contributed by atoms with Gasteiger partial charge in [0.15, 0.2) is 0 Å². The molecule has 0 atom stereocenters. The van der Waals surface area contributed by atoms with Crippen LogP contribution in [-0.2, 0) is 0 Å². The van der Waals surface area contributed by atoms with E-state index in [2.05, 4.69) is 15.3 Å². The molecule has 132 valence electrons. The average Bonchev–Trinajstić information content (AvgIpc) is 2.74. The van der Waals surface area contributed by atoms with Gasteiger partial charge in [0.1, 0.15) is 5.82 Å². The third-order valence-electron chi connectivity index (χ3n) is 4.35. The van der Waals surface area contributed by atoms with Gasteiger partial charge in [0.2, 0.25) is 0 Å². The minimum absolute atomic E-state index is 0.105. The first-order chi connectivity index (χ1) is 13.2. The summed E-state index contributed by atoms with van der Waals surface area (Å²) in [6.07, 6.45) is 3.35. The lowest BCUT2D eigenvalue weighted by atomic mass is 10.2. The molecule has 0 aliphatic carbocycles. The second-order valence-corrected chi connectivity index (χ2v) is 6.14. The summed E-state index contributed by atoms with van der Waals surface area (Å²) in [7, 11) is 1.76. The van der Waals surface area contributed by atoms with Crippen LogP contribution in [0.2, 0.25) is 0 Å². The molecule has 4 aromatic rings. The number of nitrogens with zero attached hydrogens (tertiary/aromatic N) is 3. The third-order valence-corrected chi connectivity index (χ3v) is 4.35. The van der Waals surface area contributed by atoms with Crippen molar-refractivity contribution in [3.8, 4) is 0 Å². The van der Waals surface area contributed by atoms with Gasteiger partial charge in [-0.2, -0.15) is 0 Å². The smallest absolute Gasteiger partial charge is 0.259 e. The summed E-state index contributed by atoms with van der Waals surface area (Å²) in [5, 5.41) is 4.33. The van der Waals surface area contributed by atoms with Gasteiger partial charge in [-0.1, -0.05) is 36.4 Å². The maximum absolute atomic E-state index is 12.6. The molecule has 4 rings (SSSR count). The predicted molar refractivity (Wildman–Crippen MR) is 108 cm³/mol. The highest BCUT2D eigenvalue weighted by Crippen LogP contribution is 2.24. The number of hydrogen-bond acceptors (Lipinski definition) is 4. The number of rotatable bonds is 4. The molecule has 0 bridgehead atoms. The van der Waals surface area contributed by atoms with E-state index in [4.69, 9.17) is 0 Å². The van der Waals surface area contributed by atoms with E-state index in [1.807, 2.05) is 60.7 Å². The van der Waals surface area contributed by atoms with E-state index in [-0.39, 0.29) is 5.91 Å². The average molecular weight is 354 g/mol. The predicted octanol–water partition coefficient (Wildman–Crippen LogP) is 4.65. The number of nitrogens with one attached hydrogen (secondary N) is 1. The molecule has 5 heteroatoms. The topological polar surface area (TPSA) is 58.1 Å². The zero-order chi connectivity index (χ0) is 18.6. The number of benzene rings is 2. The molecule has 1 N–H and O–H groups in total. The Morgan fingerprint density at radius 2 is 1.70 bits per heavy atom. The number of fused-ring (bicyclic) bond motifs is 1. The Kier molecular flexibility index (Phi) is 4.49. The Bertz CT molecular complexity index is 1070. The molecule has 0 aliphatic heterocycles. The molecule has 0 aliphatic rings. The van der Waals surface area contributed by atoms with E-state index in [9.17, 15) is 4.79 Å². The Morgan fingerprint density at radius 3 is 2.48 bits per heavy atom. The molecule has 27 heavy (non-hydrogen) atoms. The van der Waals surface area contributed by atoms with Crippen LogP contribution in [0.4, 0.5) is 17.2 Å². The summed E-state index contributed by atoms with van der Waals surface area (Å²) >= 11 is 0. The minimum atomic E-state index is -0.105. The van der Waals surface area contributed by atoms with Gasteiger partial charge in [-0.3, -0.25) is 9.78 Å². The fourth-order valence-corrected chi connectivity index (χ4v) is 2.90. The van der Waals surface area contributed by atoms with Crippen LogP contribution in [0.15, 0.2) is 85.2 Å². The summed E-state index contributed by atoms with van der Waals surface area (Å²) in [6.45, 7) is 0. The number of carbonyl (C=O) groups is 1. The van der Waals surface area contributed by atoms with Crippen molar-refractivity contribution in [2.75, 3.05) is 17.3 Å². The van der Waals surface area contributed by atoms with Crippen LogP contribution in [0.5, 0.6) is 0 Å². The van der Waals surface area contributed by atoms with Crippen LogP contribution in [-0.4, -0.2) is 22.9 Å². The van der Waals surface area contributed by atoms with Crippen molar-refractivity contribution in [3.05, 3.63) is 90.8 Å². The first-order valence-corrected chi connectivity index (χ1v) is 8.62. The van der Waals surface area contributed by atoms with Gasteiger partial charge in [-0.25, -0.2) is 4.98 Å². The maximum Gasteiger partial charge on any atom is 0.259 e. The Labute approximate surface area is 157 Å². The molecule has 0 spiro atoms. The standard InChI is InChI=1S/C22H18N4O/c1-26(18-9-3-2-4-10-18)22(27)17-12-13-20(24-15-17)25-19-11-5-7-16-8-6-14-23-21(16)19/h2-15H,1H3,(H,24,25). The van der Waals surface area contributed by atoms with Gasteiger partial charge in [0.05, 0.1) is 16.8 Å². The van der Waals surface area contributed by atoms with Crippen LogP contribution in [0.3, 0.4) is 0 Å². The molecular formula is C22H18N4O. The van der Waals surface area contributed by atoms with Crippen molar-refractivity contribution in [2.45, 2.75) is 0 Å². The fraction of sp³-hybridized carbons (Fsp3) is 0.0455. The fourth-order valence-electron chi connectivity index (χ4n) is 2.90. The summed E-state index contributed by atoms with van der Waals surface area (Å²) < 4.78 is 0. The number of anilines is 3. The van der Waals surface area contributed by atoms with Gasteiger partial charge >= 0.3 is 0 Å². The summed E-state index contributed by atoms with van der Waals surface area (Å²) in [5.41, 5.74) is 3.13. The summed E-state index contributed by atoms with van der Waals surface area (Å²) in [5.74, 6) is 0.555. The van der Waals surface area contributed by atoms with E-state index in [0.717, 1.165) is 22.3 Å². The quantitative estimate of drug-likeness (QED) is 0.579. The minimum Gasteiger partial charge on any atom is -0.338 e. The first kappa shape index (κ1) is 16.7. The first-order valence-electron chi connectivity index (χ1n) is 8.62. The molecule has 0 saturated carbocycles. The number of amides is 1. The number of carbonyl (C=O) groups excluding carboxylic acids is 1. The Balaban J connectivity index is 1.54. The zero-order valence-electron chi connectivity index (χ0n) is 14.8. The van der Waals surface area contributed by atoms with E-state index < -0.39 is 0 Å². The van der Waals surface area contributed by atoms with Gasteiger partial charge in [0, 0.05) is 30.5 Å². The number of para-hydroxylation sites is 2. The van der Waals surface area contributed by atoms with Crippen molar-refractivity contribution in [3.63, 3.8) is 0 Å². The Morgan fingerprint density at radius 1 is 0.889 bits per heavy atom. The maximum atomic E-state index is 12.6. The highest BCUT2D eigenvalue weighted by Gasteiger charge is 2.13. The highest BCUT2D eigenvalue weighted by molar-refractivity contribution is 6.05. The molecule has 2 aromatic heterocycles. The highest BCUT2D eigenvalue weighted by atomic mass is 16.2. The van der Waals surface area contributed by atoms with E-state index in [0.29, 0.717) is 11.4 Å². The van der Waals surface area contributed by atoms with E-state index >= 15 is 0 Å². The van der Waals surface area contributed by atoms with E-state index in [1.54, 1.807) is 36.5 Å². The van der Waals surface area contributed by atoms with Crippen LogP contribution in [0, 0.1) is 0 Å². The monoisotopic (exact) mass is 354 g/mol. The number of pyridine rings is 2. The molecule has 0 radical (unpaired) electrons.